The number of halogens is 5. The first-order valence-electron chi connectivity index (χ1n) is 6.58. The van der Waals surface area contributed by atoms with E-state index in [-0.39, 0.29) is 24.8 Å². The van der Waals surface area contributed by atoms with E-state index in [0.717, 1.165) is 42.9 Å². The first kappa shape index (κ1) is 18.7. The summed E-state index contributed by atoms with van der Waals surface area (Å²) in [5.74, 6) is 0. The molecule has 0 atom stereocenters. The number of aryl methyl sites for hydroxylation is 1. The van der Waals surface area contributed by atoms with Crippen molar-refractivity contribution in [1.29, 1.82) is 0 Å². The van der Waals surface area contributed by atoms with Crippen molar-refractivity contribution in [1.82, 2.24) is 0 Å². The minimum Gasteiger partial charge on any atom is -0.341 e. The summed E-state index contributed by atoms with van der Waals surface area (Å²) in [4.78, 5) is 2.08. The largest absolute Gasteiger partial charge is 0.416 e. The van der Waals surface area contributed by atoms with Crippen LogP contribution in [-0.4, -0.2) is 6.54 Å². The highest BCUT2D eigenvalue weighted by Crippen LogP contribution is 2.35. The fraction of sp³-hybridized carbons (Fsp3) is 0.250. The van der Waals surface area contributed by atoms with Gasteiger partial charge >= 0.3 is 6.18 Å². The number of benzene rings is 2. The Kier molecular flexibility index (Phi) is 6.15. The van der Waals surface area contributed by atoms with Crippen LogP contribution in [0.25, 0.3) is 0 Å². The van der Waals surface area contributed by atoms with Gasteiger partial charge in [0.1, 0.15) is 0 Å². The van der Waals surface area contributed by atoms with Crippen molar-refractivity contribution in [3.05, 3.63) is 59.7 Å². The lowest BCUT2D eigenvalue weighted by Crippen LogP contribution is -2.24. The van der Waals surface area contributed by atoms with Gasteiger partial charge in [0.25, 0.3) is 0 Å². The SMILES string of the molecule is Cl.Cl.FC(F)(F)c1ccc(N2CCCc3ccccc32)cc1. The Morgan fingerprint density at radius 3 is 2.14 bits per heavy atom. The zero-order chi connectivity index (χ0) is 14.2. The van der Waals surface area contributed by atoms with Gasteiger partial charge in [0.05, 0.1) is 5.56 Å². The normalized spacial score (nSPS) is 13.7. The third kappa shape index (κ3) is 3.68. The first-order chi connectivity index (χ1) is 9.55. The van der Waals surface area contributed by atoms with Crippen LogP contribution in [0.5, 0.6) is 0 Å². The molecule has 0 unspecified atom stereocenters. The van der Waals surface area contributed by atoms with Gasteiger partial charge in [-0.3, -0.25) is 0 Å². The van der Waals surface area contributed by atoms with E-state index in [9.17, 15) is 13.2 Å². The lowest BCUT2D eigenvalue weighted by molar-refractivity contribution is -0.137. The molecule has 120 valence electrons. The highest BCUT2D eigenvalue weighted by molar-refractivity contribution is 5.85. The molecule has 0 aromatic heterocycles. The lowest BCUT2D eigenvalue weighted by atomic mass is 10.0. The minimum atomic E-state index is -4.28. The van der Waals surface area contributed by atoms with E-state index in [1.807, 2.05) is 18.2 Å². The lowest BCUT2D eigenvalue weighted by Gasteiger charge is -2.31. The number of hydrogen-bond acceptors (Lipinski definition) is 1. The van der Waals surface area contributed by atoms with Gasteiger partial charge in [0.2, 0.25) is 0 Å². The smallest absolute Gasteiger partial charge is 0.341 e. The minimum absolute atomic E-state index is 0. The molecule has 0 aliphatic carbocycles. The molecule has 0 fully saturated rings. The number of nitrogens with zero attached hydrogens (tertiary/aromatic N) is 1. The predicted octanol–water partition coefficient (Wildman–Crippen LogP) is 5.63. The molecule has 1 heterocycles. The van der Waals surface area contributed by atoms with Crippen molar-refractivity contribution in [2.24, 2.45) is 0 Å². The number of rotatable bonds is 1. The maximum absolute atomic E-state index is 12.6. The molecule has 2 aromatic rings. The monoisotopic (exact) mass is 349 g/mol. The van der Waals surface area contributed by atoms with Crippen LogP contribution in [0.15, 0.2) is 48.5 Å². The molecule has 1 aliphatic heterocycles. The third-order valence-electron chi connectivity index (χ3n) is 3.62. The van der Waals surface area contributed by atoms with Crippen LogP contribution in [0.2, 0.25) is 0 Å². The second-order valence-corrected chi connectivity index (χ2v) is 4.93. The molecular formula is C16H16Cl2F3N. The average molecular weight is 350 g/mol. The van der Waals surface area contributed by atoms with E-state index in [1.54, 1.807) is 12.1 Å². The summed E-state index contributed by atoms with van der Waals surface area (Å²) in [5, 5.41) is 0. The van der Waals surface area contributed by atoms with Crippen molar-refractivity contribution in [3.8, 4) is 0 Å². The second-order valence-electron chi connectivity index (χ2n) is 4.93. The zero-order valence-corrected chi connectivity index (χ0v) is 13.3. The maximum atomic E-state index is 12.6. The number of hydrogen-bond donors (Lipinski definition) is 0. The van der Waals surface area contributed by atoms with Gasteiger partial charge in [-0.05, 0) is 48.7 Å². The van der Waals surface area contributed by atoms with Crippen LogP contribution in [0.1, 0.15) is 17.5 Å². The average Bonchev–Trinajstić information content (AvgIpc) is 2.46. The quantitative estimate of drug-likeness (QED) is 0.644. The van der Waals surface area contributed by atoms with Crippen LogP contribution >= 0.6 is 24.8 Å². The van der Waals surface area contributed by atoms with Crippen molar-refractivity contribution in [2.45, 2.75) is 19.0 Å². The van der Waals surface area contributed by atoms with Crippen molar-refractivity contribution in [2.75, 3.05) is 11.4 Å². The summed E-state index contributed by atoms with van der Waals surface area (Å²) in [5.41, 5.74) is 2.55. The van der Waals surface area contributed by atoms with Crippen LogP contribution in [0.3, 0.4) is 0 Å². The summed E-state index contributed by atoms with van der Waals surface area (Å²) in [6.07, 6.45) is -2.25. The summed E-state index contributed by atoms with van der Waals surface area (Å²) < 4.78 is 37.8. The Labute approximate surface area is 140 Å². The molecule has 6 heteroatoms. The molecule has 1 aliphatic rings. The van der Waals surface area contributed by atoms with E-state index in [4.69, 9.17) is 0 Å². The third-order valence-corrected chi connectivity index (χ3v) is 3.62. The van der Waals surface area contributed by atoms with Gasteiger partial charge in [0.15, 0.2) is 0 Å². The van der Waals surface area contributed by atoms with Crippen molar-refractivity contribution < 1.29 is 13.2 Å². The highest BCUT2D eigenvalue weighted by Gasteiger charge is 2.30. The van der Waals surface area contributed by atoms with E-state index in [0.29, 0.717) is 0 Å². The van der Waals surface area contributed by atoms with Gasteiger partial charge in [0, 0.05) is 17.9 Å². The Balaban J connectivity index is 0.00000121. The number of anilines is 2. The van der Waals surface area contributed by atoms with Gasteiger partial charge < -0.3 is 4.90 Å². The fourth-order valence-electron chi connectivity index (χ4n) is 2.63. The Morgan fingerprint density at radius 1 is 0.864 bits per heavy atom. The number of para-hydroxylation sites is 1. The highest BCUT2D eigenvalue weighted by atomic mass is 35.5. The Hall–Kier alpha value is -1.39. The molecule has 22 heavy (non-hydrogen) atoms. The summed E-state index contributed by atoms with van der Waals surface area (Å²) in [6.45, 7) is 0.836. The summed E-state index contributed by atoms with van der Waals surface area (Å²) in [7, 11) is 0. The van der Waals surface area contributed by atoms with Crippen molar-refractivity contribution >= 4 is 36.2 Å². The number of alkyl halides is 3. The Bertz CT molecular complexity index is 612. The van der Waals surface area contributed by atoms with E-state index < -0.39 is 11.7 Å². The van der Waals surface area contributed by atoms with E-state index >= 15 is 0 Å². The molecule has 0 saturated carbocycles. The van der Waals surface area contributed by atoms with Gasteiger partial charge in [-0.2, -0.15) is 13.2 Å². The summed E-state index contributed by atoms with van der Waals surface area (Å²) in [6, 6.07) is 13.4. The van der Waals surface area contributed by atoms with E-state index in [2.05, 4.69) is 11.0 Å². The first-order valence-corrected chi connectivity index (χ1v) is 6.58. The molecule has 0 bridgehead atoms. The molecule has 0 saturated heterocycles. The molecule has 3 rings (SSSR count). The molecule has 2 aromatic carbocycles. The van der Waals surface area contributed by atoms with Crippen LogP contribution in [0, 0.1) is 0 Å². The fourth-order valence-corrected chi connectivity index (χ4v) is 2.63. The molecule has 0 spiro atoms. The molecule has 0 amide bonds. The standard InChI is InChI=1S/C16H14F3N.2ClH/c17-16(18,19)13-7-9-14(10-8-13)20-11-3-5-12-4-1-2-6-15(12)20;;/h1-2,4,6-10H,3,5,11H2;2*1H. The van der Waals surface area contributed by atoms with Crippen LogP contribution in [-0.2, 0) is 12.6 Å². The maximum Gasteiger partial charge on any atom is 0.416 e. The van der Waals surface area contributed by atoms with E-state index in [1.165, 1.54) is 5.56 Å². The second kappa shape index (κ2) is 7.25. The molecular weight excluding hydrogens is 334 g/mol. The van der Waals surface area contributed by atoms with Crippen LogP contribution in [0.4, 0.5) is 24.5 Å². The summed E-state index contributed by atoms with van der Waals surface area (Å²) >= 11 is 0. The van der Waals surface area contributed by atoms with Gasteiger partial charge in [-0.25, -0.2) is 0 Å². The number of fused-ring (bicyclic) bond motifs is 1. The van der Waals surface area contributed by atoms with Gasteiger partial charge in [-0.15, -0.1) is 24.8 Å². The van der Waals surface area contributed by atoms with Crippen LogP contribution < -0.4 is 4.90 Å². The molecule has 0 radical (unpaired) electrons. The van der Waals surface area contributed by atoms with Gasteiger partial charge in [-0.1, -0.05) is 18.2 Å². The predicted molar refractivity (Wildman–Crippen MR) is 87.7 cm³/mol. The molecule has 1 nitrogen and oxygen atoms in total. The zero-order valence-electron chi connectivity index (χ0n) is 11.6. The molecule has 0 N–H and O–H groups in total. The Morgan fingerprint density at radius 2 is 1.50 bits per heavy atom. The topological polar surface area (TPSA) is 3.24 Å². The van der Waals surface area contributed by atoms with Crippen molar-refractivity contribution in [3.63, 3.8) is 0 Å².